The molecule has 0 spiro atoms. The molecular formula is C21H24F3IN2O2. The Hall–Kier alpha value is -1.36. The van der Waals surface area contributed by atoms with Crippen molar-refractivity contribution < 1.29 is 23.4 Å². The number of alkyl halides is 3. The second-order valence-electron chi connectivity index (χ2n) is 7.07. The lowest BCUT2D eigenvalue weighted by atomic mass is 9.84. The summed E-state index contributed by atoms with van der Waals surface area (Å²) in [6.07, 6.45) is -6.20. The van der Waals surface area contributed by atoms with Gasteiger partial charge in [-0.2, -0.15) is 13.2 Å². The van der Waals surface area contributed by atoms with E-state index in [1.807, 2.05) is 36.4 Å². The molecule has 0 amide bonds. The van der Waals surface area contributed by atoms with Crippen LogP contribution in [0.25, 0.3) is 0 Å². The second-order valence-corrected chi connectivity index (χ2v) is 8.32. The molecule has 2 unspecified atom stereocenters. The van der Waals surface area contributed by atoms with Gasteiger partial charge in [-0.15, -0.1) is 0 Å². The highest BCUT2D eigenvalue weighted by molar-refractivity contribution is 14.1. The molecule has 1 aliphatic heterocycles. The van der Waals surface area contributed by atoms with E-state index in [1.54, 1.807) is 36.4 Å². The van der Waals surface area contributed by atoms with Gasteiger partial charge in [-0.05, 0) is 53.4 Å². The molecule has 2 atom stereocenters. The zero-order chi connectivity index (χ0) is 21.4. The fraction of sp³-hybridized carbons (Fsp3) is 0.429. The van der Waals surface area contributed by atoms with Gasteiger partial charge in [-0.25, -0.2) is 0 Å². The van der Waals surface area contributed by atoms with Gasteiger partial charge in [0.2, 0.25) is 0 Å². The van der Waals surface area contributed by atoms with Crippen LogP contribution in [0, 0.1) is 3.57 Å². The summed E-state index contributed by atoms with van der Waals surface area (Å²) in [4.78, 5) is 3.60. The van der Waals surface area contributed by atoms with Gasteiger partial charge in [0.15, 0.2) is 11.8 Å². The van der Waals surface area contributed by atoms with E-state index in [1.165, 1.54) is 4.90 Å². The molecule has 158 valence electrons. The zero-order valence-corrected chi connectivity index (χ0v) is 18.4. The minimum atomic E-state index is -4.66. The van der Waals surface area contributed by atoms with Crippen molar-refractivity contribution in [1.82, 2.24) is 4.90 Å². The number of benzene rings is 2. The van der Waals surface area contributed by atoms with Gasteiger partial charge in [0, 0.05) is 27.9 Å². The van der Waals surface area contributed by atoms with Crippen LogP contribution in [-0.4, -0.2) is 47.5 Å². The first-order valence-corrected chi connectivity index (χ1v) is 10.6. The molecule has 0 aromatic heterocycles. The second kappa shape index (κ2) is 8.41. The van der Waals surface area contributed by atoms with Crippen molar-refractivity contribution in [2.45, 2.75) is 31.9 Å². The topological polar surface area (TPSA) is 46.9 Å². The molecule has 1 heterocycles. The van der Waals surface area contributed by atoms with Crippen molar-refractivity contribution >= 4 is 28.3 Å². The standard InChI is InChI=1S/C21H24F3IN2O2/c1-3-26(4-2)10-11-27-17-13-15(25)12-16(21(22,23)24)18(17)20(29,19(27)28)14-8-6-5-7-9-14/h5-9,12-13,19,28-29H,3-4,10-11H2,1-2H3. The maximum atomic E-state index is 13.9. The van der Waals surface area contributed by atoms with Crippen LogP contribution in [0.2, 0.25) is 0 Å². The highest BCUT2D eigenvalue weighted by atomic mass is 127. The normalized spacial score (nSPS) is 21.7. The number of anilines is 1. The number of likely N-dealkylation sites (N-methyl/N-ethyl adjacent to an activating group) is 1. The van der Waals surface area contributed by atoms with Gasteiger partial charge in [-0.3, -0.25) is 0 Å². The van der Waals surface area contributed by atoms with E-state index in [0.717, 1.165) is 19.2 Å². The van der Waals surface area contributed by atoms with E-state index in [2.05, 4.69) is 4.90 Å². The Labute approximate surface area is 182 Å². The Morgan fingerprint density at radius 3 is 2.31 bits per heavy atom. The third-order valence-electron chi connectivity index (χ3n) is 5.51. The third-order valence-corrected chi connectivity index (χ3v) is 6.14. The first kappa shape index (κ1) is 22.3. The van der Waals surface area contributed by atoms with Crippen LogP contribution in [0.5, 0.6) is 0 Å². The molecule has 2 aromatic carbocycles. The number of hydrogen-bond donors (Lipinski definition) is 2. The molecule has 29 heavy (non-hydrogen) atoms. The summed E-state index contributed by atoms with van der Waals surface area (Å²) in [7, 11) is 0. The van der Waals surface area contributed by atoms with Gasteiger partial charge >= 0.3 is 6.18 Å². The number of aliphatic hydroxyl groups excluding tert-OH is 1. The van der Waals surface area contributed by atoms with Crippen LogP contribution in [-0.2, 0) is 11.8 Å². The van der Waals surface area contributed by atoms with Crippen molar-refractivity contribution in [3.05, 3.63) is 62.7 Å². The molecule has 2 aromatic rings. The molecular weight excluding hydrogens is 496 g/mol. The SMILES string of the molecule is CCN(CC)CCN1c2cc(I)cc(C(F)(F)F)c2C(O)(c2ccccc2)C1O. The van der Waals surface area contributed by atoms with E-state index in [4.69, 9.17) is 0 Å². The predicted octanol–water partition coefficient (Wildman–Crippen LogP) is 4.03. The predicted molar refractivity (Wildman–Crippen MR) is 115 cm³/mol. The van der Waals surface area contributed by atoms with E-state index in [-0.39, 0.29) is 16.8 Å². The quantitative estimate of drug-likeness (QED) is 0.566. The average molecular weight is 520 g/mol. The highest BCUT2D eigenvalue weighted by Gasteiger charge is 2.55. The van der Waals surface area contributed by atoms with Crippen molar-refractivity contribution in [2.75, 3.05) is 31.1 Å². The fourth-order valence-corrected chi connectivity index (χ4v) is 4.55. The van der Waals surface area contributed by atoms with Gasteiger partial charge in [0.1, 0.15) is 0 Å². The molecule has 0 saturated carbocycles. The van der Waals surface area contributed by atoms with Gasteiger partial charge in [0.25, 0.3) is 0 Å². The molecule has 8 heteroatoms. The smallest absolute Gasteiger partial charge is 0.376 e. The highest BCUT2D eigenvalue weighted by Crippen LogP contribution is 2.52. The molecule has 0 aliphatic carbocycles. The van der Waals surface area contributed by atoms with Gasteiger partial charge in [-0.1, -0.05) is 44.2 Å². The number of nitrogens with zero attached hydrogens (tertiary/aromatic N) is 2. The summed E-state index contributed by atoms with van der Waals surface area (Å²) in [6, 6.07) is 10.7. The average Bonchev–Trinajstić information content (AvgIpc) is 2.90. The molecule has 0 radical (unpaired) electrons. The lowest BCUT2D eigenvalue weighted by molar-refractivity contribution is -0.141. The van der Waals surface area contributed by atoms with E-state index >= 15 is 0 Å². The summed E-state index contributed by atoms with van der Waals surface area (Å²) in [6.45, 7) is 6.43. The van der Waals surface area contributed by atoms with E-state index in [9.17, 15) is 23.4 Å². The van der Waals surface area contributed by atoms with Crippen LogP contribution in [0.3, 0.4) is 0 Å². The minimum absolute atomic E-state index is 0.218. The molecule has 4 nitrogen and oxygen atoms in total. The van der Waals surface area contributed by atoms with Crippen LogP contribution in [0.4, 0.5) is 18.9 Å². The third kappa shape index (κ3) is 3.99. The largest absolute Gasteiger partial charge is 0.416 e. The fourth-order valence-electron chi connectivity index (χ4n) is 3.95. The monoisotopic (exact) mass is 520 g/mol. The lowest BCUT2D eigenvalue weighted by Crippen LogP contribution is -2.48. The van der Waals surface area contributed by atoms with E-state index < -0.39 is 23.6 Å². The molecule has 0 bridgehead atoms. The van der Waals surface area contributed by atoms with Crippen LogP contribution in [0.1, 0.15) is 30.5 Å². The van der Waals surface area contributed by atoms with Crippen molar-refractivity contribution in [2.24, 2.45) is 0 Å². The molecule has 1 aliphatic rings. The summed E-state index contributed by atoms with van der Waals surface area (Å²) in [5.74, 6) is 0. The number of aliphatic hydroxyl groups is 2. The van der Waals surface area contributed by atoms with E-state index in [0.29, 0.717) is 16.7 Å². The minimum Gasteiger partial charge on any atom is -0.376 e. The summed E-state index contributed by atoms with van der Waals surface area (Å²) in [5.41, 5.74) is -2.95. The summed E-state index contributed by atoms with van der Waals surface area (Å²) in [5, 5.41) is 22.7. The number of fused-ring (bicyclic) bond motifs is 1. The Morgan fingerprint density at radius 1 is 1.14 bits per heavy atom. The molecule has 3 rings (SSSR count). The van der Waals surface area contributed by atoms with Crippen LogP contribution in [0.15, 0.2) is 42.5 Å². The maximum absolute atomic E-state index is 13.9. The number of halogens is 4. The molecule has 0 saturated heterocycles. The number of hydrogen-bond acceptors (Lipinski definition) is 4. The van der Waals surface area contributed by atoms with Gasteiger partial charge < -0.3 is 20.0 Å². The maximum Gasteiger partial charge on any atom is 0.416 e. The zero-order valence-electron chi connectivity index (χ0n) is 16.2. The Bertz CT molecular complexity index is 859. The summed E-state index contributed by atoms with van der Waals surface area (Å²) < 4.78 is 42.2. The van der Waals surface area contributed by atoms with Crippen LogP contribution < -0.4 is 4.90 Å². The van der Waals surface area contributed by atoms with Crippen molar-refractivity contribution in [1.29, 1.82) is 0 Å². The first-order valence-electron chi connectivity index (χ1n) is 9.50. The Kier molecular flexibility index (Phi) is 6.47. The van der Waals surface area contributed by atoms with Crippen molar-refractivity contribution in [3.63, 3.8) is 0 Å². The van der Waals surface area contributed by atoms with Crippen molar-refractivity contribution in [3.8, 4) is 0 Å². The van der Waals surface area contributed by atoms with Gasteiger partial charge in [0.05, 0.1) is 5.56 Å². The lowest BCUT2D eigenvalue weighted by Gasteiger charge is -2.33. The Balaban J connectivity index is 2.20. The summed E-state index contributed by atoms with van der Waals surface area (Å²) >= 11 is 1.84. The first-order chi connectivity index (χ1) is 13.6. The Morgan fingerprint density at radius 2 is 1.76 bits per heavy atom. The van der Waals surface area contributed by atoms with Crippen LogP contribution >= 0.6 is 22.6 Å². The molecule has 2 N–H and O–H groups in total. The molecule has 0 fully saturated rings. The number of rotatable bonds is 6.